The number of halogens is 2. The van der Waals surface area contributed by atoms with Crippen molar-refractivity contribution in [1.82, 2.24) is 0 Å². The Morgan fingerprint density at radius 1 is 1.05 bits per heavy atom. The third kappa shape index (κ3) is 3.03. The number of rotatable bonds is 2. The number of thiophene rings is 1. The van der Waals surface area contributed by atoms with Crippen molar-refractivity contribution >= 4 is 43.2 Å². The van der Waals surface area contributed by atoms with Gasteiger partial charge in [-0.05, 0) is 55.5 Å². The molecule has 0 amide bonds. The molecule has 0 radical (unpaired) electrons. The quantitative estimate of drug-likeness (QED) is 0.630. The zero-order chi connectivity index (χ0) is 14.1. The van der Waals surface area contributed by atoms with E-state index in [4.69, 9.17) is 0 Å². The summed E-state index contributed by atoms with van der Waals surface area (Å²) in [5.41, 5.74) is 2.38. The number of aliphatic hydroxyl groups excluding tert-OH is 1. The summed E-state index contributed by atoms with van der Waals surface area (Å²) >= 11 is 8.79. The van der Waals surface area contributed by atoms with Crippen molar-refractivity contribution in [2.45, 2.75) is 38.2 Å². The van der Waals surface area contributed by atoms with Crippen molar-refractivity contribution in [1.29, 1.82) is 0 Å². The van der Waals surface area contributed by atoms with Gasteiger partial charge in [-0.3, -0.25) is 0 Å². The Morgan fingerprint density at radius 3 is 2.70 bits per heavy atom. The largest absolute Gasteiger partial charge is 0.383 e. The summed E-state index contributed by atoms with van der Waals surface area (Å²) < 4.78 is 1.95. The van der Waals surface area contributed by atoms with Crippen LogP contribution in [0.4, 0.5) is 0 Å². The minimum Gasteiger partial charge on any atom is -0.383 e. The normalized spacial score (nSPS) is 16.6. The van der Waals surface area contributed by atoms with Crippen LogP contribution in [0.5, 0.6) is 0 Å². The van der Waals surface area contributed by atoms with Crippen LogP contribution in [0, 0.1) is 0 Å². The first-order chi connectivity index (χ1) is 9.65. The third-order valence-corrected chi connectivity index (χ3v) is 6.29. The first kappa shape index (κ1) is 14.8. The maximum absolute atomic E-state index is 10.7. The molecule has 1 aliphatic carbocycles. The SMILES string of the molecule is OC(c1cc2c(s1)CCCCC2)c1cc(Br)ccc1Br. The Labute approximate surface area is 140 Å². The van der Waals surface area contributed by atoms with Gasteiger partial charge < -0.3 is 5.11 Å². The van der Waals surface area contributed by atoms with Crippen LogP contribution in [0.1, 0.15) is 46.2 Å². The van der Waals surface area contributed by atoms with Gasteiger partial charge in [0, 0.05) is 24.3 Å². The highest BCUT2D eigenvalue weighted by atomic mass is 79.9. The molecule has 0 saturated carbocycles. The van der Waals surface area contributed by atoms with Crippen molar-refractivity contribution in [3.05, 3.63) is 54.1 Å². The second kappa shape index (κ2) is 6.30. The number of hydrogen-bond donors (Lipinski definition) is 1. The zero-order valence-electron chi connectivity index (χ0n) is 11.0. The number of fused-ring (bicyclic) bond motifs is 1. The van der Waals surface area contributed by atoms with Gasteiger partial charge >= 0.3 is 0 Å². The second-order valence-electron chi connectivity index (χ2n) is 5.23. The molecule has 0 fully saturated rings. The molecule has 3 rings (SSSR count). The van der Waals surface area contributed by atoms with E-state index in [0.29, 0.717) is 0 Å². The van der Waals surface area contributed by atoms with Crippen molar-refractivity contribution in [3.8, 4) is 0 Å². The predicted molar refractivity (Wildman–Crippen MR) is 91.5 cm³/mol. The maximum Gasteiger partial charge on any atom is 0.114 e. The van der Waals surface area contributed by atoms with E-state index in [1.165, 1.54) is 36.1 Å². The van der Waals surface area contributed by atoms with Crippen LogP contribution in [-0.2, 0) is 12.8 Å². The molecule has 0 spiro atoms. The number of aliphatic hydroxyl groups is 1. The summed E-state index contributed by atoms with van der Waals surface area (Å²) in [6, 6.07) is 8.15. The predicted octanol–water partition coefficient (Wildman–Crippen LogP) is 5.62. The second-order valence-corrected chi connectivity index (χ2v) is 8.16. The minimum absolute atomic E-state index is 0.543. The van der Waals surface area contributed by atoms with Crippen LogP contribution in [0.25, 0.3) is 0 Å². The third-order valence-electron chi connectivity index (χ3n) is 3.79. The first-order valence-electron chi connectivity index (χ1n) is 6.89. The maximum atomic E-state index is 10.7. The lowest BCUT2D eigenvalue weighted by atomic mass is 10.1. The number of aryl methyl sites for hydroxylation is 2. The lowest BCUT2D eigenvalue weighted by Crippen LogP contribution is -1.98. The molecule has 1 N–H and O–H groups in total. The lowest BCUT2D eigenvalue weighted by Gasteiger charge is -2.11. The van der Waals surface area contributed by atoms with Gasteiger partial charge in [0.1, 0.15) is 6.10 Å². The van der Waals surface area contributed by atoms with Crippen molar-refractivity contribution in [2.75, 3.05) is 0 Å². The first-order valence-corrected chi connectivity index (χ1v) is 9.30. The van der Waals surface area contributed by atoms with E-state index in [-0.39, 0.29) is 0 Å². The van der Waals surface area contributed by atoms with E-state index < -0.39 is 6.10 Å². The van der Waals surface area contributed by atoms with Crippen LogP contribution >= 0.6 is 43.2 Å². The smallest absolute Gasteiger partial charge is 0.114 e. The monoisotopic (exact) mass is 414 g/mol. The summed E-state index contributed by atoms with van der Waals surface area (Å²) in [5.74, 6) is 0. The van der Waals surface area contributed by atoms with E-state index in [2.05, 4.69) is 37.9 Å². The minimum atomic E-state index is -0.543. The molecule has 0 bridgehead atoms. The topological polar surface area (TPSA) is 20.2 Å². The van der Waals surface area contributed by atoms with Gasteiger partial charge in [-0.2, -0.15) is 0 Å². The molecular weight excluding hydrogens is 400 g/mol. The molecule has 106 valence electrons. The Balaban J connectivity index is 1.94. The molecule has 0 aliphatic heterocycles. The fourth-order valence-corrected chi connectivity index (χ4v) is 4.81. The molecule has 1 aromatic heterocycles. The molecule has 1 unspecified atom stereocenters. The van der Waals surface area contributed by atoms with Gasteiger partial charge in [0.05, 0.1) is 0 Å². The molecule has 4 heteroatoms. The Bertz CT molecular complexity index is 597. The Hall–Kier alpha value is -0.160. The van der Waals surface area contributed by atoms with Gasteiger partial charge in [0.2, 0.25) is 0 Å². The summed E-state index contributed by atoms with van der Waals surface area (Å²) in [5, 5.41) is 10.7. The van der Waals surface area contributed by atoms with Gasteiger partial charge in [-0.15, -0.1) is 11.3 Å². The van der Waals surface area contributed by atoms with Crippen LogP contribution in [0.2, 0.25) is 0 Å². The van der Waals surface area contributed by atoms with Crippen LogP contribution in [0.15, 0.2) is 33.2 Å². The summed E-state index contributed by atoms with van der Waals surface area (Å²) in [7, 11) is 0. The van der Waals surface area contributed by atoms with Gasteiger partial charge in [-0.1, -0.05) is 38.3 Å². The van der Waals surface area contributed by atoms with Gasteiger partial charge in [0.15, 0.2) is 0 Å². The molecule has 2 aromatic rings. The molecule has 20 heavy (non-hydrogen) atoms. The molecule has 1 heterocycles. The van der Waals surface area contributed by atoms with Crippen LogP contribution in [0.3, 0.4) is 0 Å². The fourth-order valence-electron chi connectivity index (χ4n) is 2.70. The van der Waals surface area contributed by atoms with E-state index in [1.807, 2.05) is 18.2 Å². The Morgan fingerprint density at radius 2 is 1.85 bits per heavy atom. The van der Waals surface area contributed by atoms with E-state index in [1.54, 1.807) is 11.3 Å². The highest BCUT2D eigenvalue weighted by molar-refractivity contribution is 9.11. The summed E-state index contributed by atoms with van der Waals surface area (Å²) in [4.78, 5) is 2.54. The number of benzene rings is 1. The molecule has 1 nitrogen and oxygen atoms in total. The summed E-state index contributed by atoms with van der Waals surface area (Å²) in [6.45, 7) is 0. The highest BCUT2D eigenvalue weighted by Crippen LogP contribution is 2.37. The number of hydrogen-bond acceptors (Lipinski definition) is 2. The lowest BCUT2D eigenvalue weighted by molar-refractivity contribution is 0.223. The van der Waals surface area contributed by atoms with Crippen molar-refractivity contribution in [2.24, 2.45) is 0 Å². The molecule has 1 aliphatic rings. The van der Waals surface area contributed by atoms with Crippen molar-refractivity contribution in [3.63, 3.8) is 0 Å². The van der Waals surface area contributed by atoms with Crippen LogP contribution in [-0.4, -0.2) is 5.11 Å². The molecule has 1 atom stereocenters. The van der Waals surface area contributed by atoms with E-state index in [9.17, 15) is 5.11 Å². The van der Waals surface area contributed by atoms with E-state index >= 15 is 0 Å². The van der Waals surface area contributed by atoms with E-state index in [0.717, 1.165) is 25.8 Å². The molecule has 0 saturated heterocycles. The molecular formula is C16H16Br2OS. The average molecular weight is 416 g/mol. The Kier molecular flexibility index (Phi) is 4.65. The van der Waals surface area contributed by atoms with Crippen molar-refractivity contribution < 1.29 is 5.11 Å². The zero-order valence-corrected chi connectivity index (χ0v) is 15.0. The fraction of sp³-hybridized carbons (Fsp3) is 0.375. The highest BCUT2D eigenvalue weighted by Gasteiger charge is 2.20. The standard InChI is InChI=1S/C16H16Br2OS/c17-11-6-7-13(18)12(9-11)16(19)15-8-10-4-2-1-3-5-14(10)20-15/h6-9,16,19H,1-5H2. The van der Waals surface area contributed by atoms with Gasteiger partial charge in [0.25, 0.3) is 0 Å². The average Bonchev–Trinajstić information content (AvgIpc) is 2.72. The molecule has 1 aromatic carbocycles. The summed E-state index contributed by atoms with van der Waals surface area (Å²) in [6.07, 6.45) is 5.68. The van der Waals surface area contributed by atoms with Crippen LogP contribution < -0.4 is 0 Å². The van der Waals surface area contributed by atoms with Gasteiger partial charge in [-0.25, -0.2) is 0 Å².